The fourth-order valence-electron chi connectivity index (χ4n) is 10.4. The second-order valence-electron chi connectivity index (χ2n) is 20.4. The van der Waals surface area contributed by atoms with E-state index < -0.39 is 12.2 Å². The molecule has 0 amide bonds. The Labute approximate surface area is 399 Å². The van der Waals surface area contributed by atoms with Gasteiger partial charge in [0, 0.05) is 26.1 Å². The molecular weight excluding hydrogens is 841 g/mol. The van der Waals surface area contributed by atoms with Gasteiger partial charge in [-0.05, 0) is 115 Å². The Kier molecular flexibility index (Phi) is 25.3. The van der Waals surface area contributed by atoms with E-state index >= 15 is 0 Å². The van der Waals surface area contributed by atoms with E-state index in [1.807, 2.05) is 19.1 Å². The Morgan fingerprint density at radius 3 is 1.41 bits per heavy atom. The van der Waals surface area contributed by atoms with Gasteiger partial charge in [0.05, 0.1) is 99.3 Å². The first kappa shape index (κ1) is 59.4. The quantitative estimate of drug-likeness (QED) is 0.0460. The third-order valence-corrected chi connectivity index (χ3v) is 14.1. The van der Waals surface area contributed by atoms with Crippen LogP contribution in [-0.2, 0) is 47.5 Å². The Hall–Kier alpha value is -2.68. The van der Waals surface area contributed by atoms with Crippen molar-refractivity contribution in [2.75, 3.05) is 28.4 Å². The van der Waals surface area contributed by atoms with Crippen LogP contribution in [0.3, 0.4) is 0 Å². The third kappa shape index (κ3) is 18.3. The summed E-state index contributed by atoms with van der Waals surface area (Å²) in [5, 5.41) is 19.6. The highest BCUT2D eigenvalue weighted by atomic mass is 16.6. The van der Waals surface area contributed by atoms with Crippen molar-refractivity contribution in [2.45, 2.75) is 207 Å². The Morgan fingerprint density at radius 2 is 1.06 bits per heavy atom. The Balaban J connectivity index is 0.000000372. The number of allylic oxidation sites excluding steroid dienone is 6. The standard InChI is InChI=1S/C26H44O6.C14H26O3.C14H22O3/c1-16(15-26(6)25(32-26)19(4)24(30-8)20(5)27)10-9-11-17(2)23-18(3)12-13-21(31-23)14-22(28)29-7;1-7-9(2)8-14(5)13(17-14)10(3)12(16-6)11(4)15;1-5-6-10(2)14-11(3)7-8-12(17-14)9-13(15)16-4/h9-11,16,18-21,23-25,27H,12-15H2,1-8H3;7,9-13,15H,1,8H2,2-6H3;5-6,11-12,14H,1,7-9H2,2-4H3/b10-9+,17-11+;;10-6+/t16-,18+,19-,20?,21-,23-,24-,25-,26+;9-,10-,11?,12-,13-,14+;11-,12+,14+/m110/s1. The maximum Gasteiger partial charge on any atom is 0.308 e. The van der Waals surface area contributed by atoms with Gasteiger partial charge in [-0.1, -0.05) is 84.6 Å². The van der Waals surface area contributed by atoms with Crippen LogP contribution in [0.2, 0.25) is 0 Å². The Morgan fingerprint density at radius 1 is 0.667 bits per heavy atom. The van der Waals surface area contributed by atoms with E-state index in [2.05, 4.69) is 98.4 Å². The molecule has 0 spiro atoms. The lowest BCUT2D eigenvalue weighted by Crippen LogP contribution is -2.36. The second-order valence-corrected chi connectivity index (χ2v) is 20.4. The maximum atomic E-state index is 11.6. The molecule has 4 rings (SSSR count). The highest BCUT2D eigenvalue weighted by molar-refractivity contribution is 5.70. The first-order chi connectivity index (χ1) is 30.9. The zero-order chi connectivity index (χ0) is 50.1. The van der Waals surface area contributed by atoms with Crippen LogP contribution in [0.15, 0.2) is 60.8 Å². The molecule has 0 aromatic rings. The first-order valence-electron chi connectivity index (χ1n) is 24.4. The smallest absolute Gasteiger partial charge is 0.308 e. The lowest BCUT2D eigenvalue weighted by molar-refractivity contribution is -0.148. The maximum absolute atomic E-state index is 11.6. The molecule has 12 nitrogen and oxygen atoms in total. The van der Waals surface area contributed by atoms with Crippen LogP contribution in [0.5, 0.6) is 0 Å². The minimum atomic E-state index is -0.523. The van der Waals surface area contributed by atoms with Crippen molar-refractivity contribution in [3.63, 3.8) is 0 Å². The van der Waals surface area contributed by atoms with Gasteiger partial charge in [-0.15, -0.1) is 6.58 Å². The van der Waals surface area contributed by atoms with Gasteiger partial charge < -0.3 is 48.1 Å². The highest BCUT2D eigenvalue weighted by Gasteiger charge is 2.58. The number of ether oxygens (including phenoxy) is 8. The van der Waals surface area contributed by atoms with Gasteiger partial charge >= 0.3 is 11.9 Å². The minimum absolute atomic E-state index is 0.0168. The SMILES string of the molecule is C=C/C=C(\C)[C@H]1O[C@@H](CC(=O)OC)CC[C@@H]1C.C=C[C@@H](C)C[C@]1(C)O[C@@H]1[C@H](C)[C@@H](OC)C(C)O.COC(=O)C[C@H]1CC[C@H](C)[C@@H](/C(C)=C/C=C/[C@@H](C)C[C@]2(C)O[C@@H]2[C@H](C)[C@@H](OC)C(C)O)O1. The van der Waals surface area contributed by atoms with E-state index in [9.17, 15) is 19.8 Å². The molecule has 0 aromatic carbocycles. The molecule has 0 aliphatic carbocycles. The van der Waals surface area contributed by atoms with Crippen molar-refractivity contribution in [3.8, 4) is 0 Å². The summed E-state index contributed by atoms with van der Waals surface area (Å²) >= 11 is 0. The van der Waals surface area contributed by atoms with E-state index in [4.69, 9.17) is 33.2 Å². The molecule has 2 N–H and O–H groups in total. The summed E-state index contributed by atoms with van der Waals surface area (Å²) in [5.41, 5.74) is 2.08. The third-order valence-electron chi connectivity index (χ3n) is 14.1. The zero-order valence-corrected chi connectivity index (χ0v) is 43.7. The van der Waals surface area contributed by atoms with Crippen molar-refractivity contribution in [1.82, 2.24) is 0 Å². The van der Waals surface area contributed by atoms with Crippen LogP contribution < -0.4 is 0 Å². The summed E-state index contributed by atoms with van der Waals surface area (Å²) in [5.74, 6) is 1.62. The fourth-order valence-corrected chi connectivity index (χ4v) is 10.4. The zero-order valence-electron chi connectivity index (χ0n) is 43.7. The summed E-state index contributed by atoms with van der Waals surface area (Å²) in [4.78, 5) is 22.8. The average Bonchev–Trinajstić information content (AvgIpc) is 4.15. The summed E-state index contributed by atoms with van der Waals surface area (Å²) in [6.45, 7) is 32.3. The number of methoxy groups -OCH3 is 4. The summed E-state index contributed by atoms with van der Waals surface area (Å²) in [6, 6.07) is 0. The summed E-state index contributed by atoms with van der Waals surface area (Å²) in [6.07, 6.45) is 17.6. The van der Waals surface area contributed by atoms with Gasteiger partial charge in [-0.2, -0.15) is 0 Å². The highest BCUT2D eigenvalue weighted by Crippen LogP contribution is 2.48. The average molecular weight is 933 g/mol. The van der Waals surface area contributed by atoms with Crippen molar-refractivity contribution >= 4 is 11.9 Å². The van der Waals surface area contributed by atoms with Crippen LogP contribution in [0.1, 0.15) is 134 Å². The molecule has 12 heteroatoms. The fraction of sp³-hybridized carbons (Fsp3) is 0.778. The number of epoxide rings is 2. The number of hydrogen-bond acceptors (Lipinski definition) is 12. The van der Waals surface area contributed by atoms with Crippen LogP contribution in [0.4, 0.5) is 0 Å². The molecule has 4 aliphatic heterocycles. The van der Waals surface area contributed by atoms with Crippen LogP contribution >= 0.6 is 0 Å². The van der Waals surface area contributed by atoms with E-state index in [0.29, 0.717) is 36.5 Å². The molecule has 0 saturated carbocycles. The molecule has 2 unspecified atom stereocenters. The number of hydrogen-bond donors (Lipinski definition) is 2. The molecule has 4 heterocycles. The first-order valence-corrected chi connectivity index (χ1v) is 24.4. The number of aliphatic hydroxyl groups excluding tert-OH is 2. The van der Waals surface area contributed by atoms with Crippen molar-refractivity contribution < 1.29 is 57.7 Å². The number of esters is 2. The van der Waals surface area contributed by atoms with Crippen molar-refractivity contribution in [3.05, 3.63) is 60.8 Å². The molecule has 0 bridgehead atoms. The predicted octanol–water partition coefficient (Wildman–Crippen LogP) is 9.70. The molecule has 4 saturated heterocycles. The number of carbonyl (C=O) groups is 2. The molecule has 0 aromatic heterocycles. The Bertz CT molecular complexity index is 1590. The van der Waals surface area contributed by atoms with E-state index in [0.717, 1.165) is 38.5 Å². The van der Waals surface area contributed by atoms with Gasteiger partial charge in [0.2, 0.25) is 0 Å². The molecule has 18 atom stereocenters. The number of carbonyl (C=O) groups excluding carboxylic acids is 2. The van der Waals surface area contributed by atoms with Gasteiger partial charge in [0.1, 0.15) is 0 Å². The molecule has 4 fully saturated rings. The lowest BCUT2D eigenvalue weighted by Gasteiger charge is -2.35. The van der Waals surface area contributed by atoms with E-state index in [1.165, 1.54) is 25.4 Å². The van der Waals surface area contributed by atoms with Crippen LogP contribution in [0, 0.1) is 35.5 Å². The van der Waals surface area contributed by atoms with E-state index in [1.54, 1.807) is 34.1 Å². The van der Waals surface area contributed by atoms with Gasteiger partial charge in [-0.25, -0.2) is 0 Å². The molecule has 0 radical (unpaired) electrons. The van der Waals surface area contributed by atoms with Crippen molar-refractivity contribution in [2.24, 2.45) is 35.5 Å². The second kappa shape index (κ2) is 28.1. The predicted molar refractivity (Wildman–Crippen MR) is 262 cm³/mol. The monoisotopic (exact) mass is 933 g/mol. The van der Waals surface area contributed by atoms with Gasteiger partial charge in [0.15, 0.2) is 0 Å². The summed E-state index contributed by atoms with van der Waals surface area (Å²) in [7, 11) is 6.11. The van der Waals surface area contributed by atoms with Crippen LogP contribution in [0.25, 0.3) is 0 Å². The van der Waals surface area contributed by atoms with E-state index in [-0.39, 0.29) is 83.8 Å². The molecule has 380 valence electrons. The number of aliphatic hydroxyl groups is 2. The van der Waals surface area contributed by atoms with Crippen LogP contribution in [-0.4, -0.2) is 123 Å². The molecule has 66 heavy (non-hydrogen) atoms. The van der Waals surface area contributed by atoms with Crippen molar-refractivity contribution in [1.29, 1.82) is 0 Å². The molecule has 4 aliphatic rings. The van der Waals surface area contributed by atoms with Gasteiger partial charge in [-0.3, -0.25) is 9.59 Å². The normalized spacial score (nSPS) is 33.5. The lowest BCUT2D eigenvalue weighted by atomic mass is 9.85. The topological polar surface area (TPSA) is 155 Å². The number of rotatable bonds is 22. The van der Waals surface area contributed by atoms with Gasteiger partial charge in [0.25, 0.3) is 0 Å². The summed E-state index contributed by atoms with van der Waals surface area (Å²) < 4.78 is 44.4. The molecular formula is C54H92O12. The minimum Gasteiger partial charge on any atom is -0.469 e. The largest absolute Gasteiger partial charge is 0.469 e.